The first-order valence-electron chi connectivity index (χ1n) is 10.1. The number of aromatic nitrogens is 4. The molecule has 0 aliphatic carbocycles. The van der Waals surface area contributed by atoms with Crippen LogP contribution in [0.4, 0.5) is 11.6 Å². The van der Waals surface area contributed by atoms with Crippen LogP contribution in [0.3, 0.4) is 0 Å². The predicted octanol–water partition coefficient (Wildman–Crippen LogP) is 0.463. The second kappa shape index (κ2) is 9.37. The van der Waals surface area contributed by atoms with E-state index < -0.39 is 18.5 Å². The molecule has 0 fully saturated rings. The van der Waals surface area contributed by atoms with Gasteiger partial charge >= 0.3 is 7.12 Å². The van der Waals surface area contributed by atoms with Gasteiger partial charge in [0.15, 0.2) is 16.5 Å². The maximum atomic E-state index is 12.0. The van der Waals surface area contributed by atoms with Gasteiger partial charge in [0.05, 0.1) is 22.3 Å². The topological polar surface area (TPSA) is 148 Å². The molecule has 12 heteroatoms. The van der Waals surface area contributed by atoms with Crippen molar-refractivity contribution in [3.8, 4) is 5.95 Å². The molecule has 0 saturated heterocycles. The Morgan fingerprint density at radius 1 is 1.15 bits per heavy atom. The summed E-state index contributed by atoms with van der Waals surface area (Å²) in [6.07, 6.45) is 0. The Balaban J connectivity index is 1.74. The summed E-state index contributed by atoms with van der Waals surface area (Å²) in [4.78, 5) is 7.07. The van der Waals surface area contributed by atoms with E-state index in [0.717, 1.165) is 22.2 Å². The number of rotatable bonds is 7. The Bertz CT molecular complexity index is 1300. The van der Waals surface area contributed by atoms with Gasteiger partial charge < -0.3 is 24.8 Å². The molecular formula is C21H24BN7O3S. The summed E-state index contributed by atoms with van der Waals surface area (Å²) in [5.41, 5.74) is 2.88. The highest BCUT2D eigenvalue weighted by molar-refractivity contribution is 7.89. The second-order valence-electron chi connectivity index (χ2n) is 7.76. The summed E-state index contributed by atoms with van der Waals surface area (Å²) in [5.74, 6) is 1.42. The zero-order valence-corrected chi connectivity index (χ0v) is 19.2. The second-order valence-corrected chi connectivity index (χ2v) is 8.79. The SMILES string of the molecule is Cc1cc2c([S+](N)[O-])cccc2n1-c1nnc(N(C)C)c(NCc2cccc(B(O)O)c2)n1. The van der Waals surface area contributed by atoms with Crippen molar-refractivity contribution in [3.63, 3.8) is 0 Å². The molecule has 0 saturated carbocycles. The number of hydrogen-bond donors (Lipinski definition) is 4. The average Bonchev–Trinajstić information content (AvgIpc) is 3.13. The lowest BCUT2D eigenvalue weighted by atomic mass is 9.80. The largest absolute Gasteiger partial charge is 0.593 e. The average molecular weight is 465 g/mol. The third kappa shape index (κ3) is 4.65. The highest BCUT2D eigenvalue weighted by Crippen LogP contribution is 2.29. The number of benzene rings is 2. The van der Waals surface area contributed by atoms with Gasteiger partial charge in [-0.25, -0.2) is 0 Å². The summed E-state index contributed by atoms with van der Waals surface area (Å²) in [5, 5.41) is 37.2. The predicted molar refractivity (Wildman–Crippen MR) is 130 cm³/mol. The van der Waals surface area contributed by atoms with Crippen molar-refractivity contribution in [1.29, 1.82) is 0 Å². The summed E-state index contributed by atoms with van der Waals surface area (Å²) in [6.45, 7) is 2.30. The number of fused-ring (bicyclic) bond motifs is 1. The van der Waals surface area contributed by atoms with Crippen LogP contribution in [0.2, 0.25) is 0 Å². The van der Waals surface area contributed by atoms with Crippen LogP contribution in [-0.2, 0) is 17.9 Å². The number of nitrogens with two attached hydrogens (primary N) is 1. The molecule has 4 rings (SSSR count). The molecule has 4 aromatic rings. The molecule has 0 aliphatic heterocycles. The van der Waals surface area contributed by atoms with E-state index in [-0.39, 0.29) is 0 Å². The van der Waals surface area contributed by atoms with E-state index >= 15 is 0 Å². The summed E-state index contributed by atoms with van der Waals surface area (Å²) < 4.78 is 13.8. The van der Waals surface area contributed by atoms with Crippen molar-refractivity contribution >= 4 is 46.5 Å². The number of nitrogens with zero attached hydrogens (tertiary/aromatic N) is 5. The van der Waals surface area contributed by atoms with Crippen LogP contribution in [0, 0.1) is 6.92 Å². The summed E-state index contributed by atoms with van der Waals surface area (Å²) >= 11 is -1.62. The molecule has 5 N–H and O–H groups in total. The van der Waals surface area contributed by atoms with Crippen LogP contribution < -0.4 is 20.8 Å². The first-order valence-corrected chi connectivity index (χ1v) is 11.4. The number of aryl methyl sites for hydroxylation is 1. The molecule has 0 bridgehead atoms. The standard InChI is InChI=1S/C21H24BN7O3S/c1-13-10-16-17(8-5-9-18(16)33(23)32)29(13)21-25-19(20(26-27-21)28(2)3)24-12-14-6-4-7-15(11-14)22(30)31/h4-11,30-31H,12,23H2,1-3H3,(H,24,25,27). The third-order valence-electron chi connectivity index (χ3n) is 5.20. The monoisotopic (exact) mass is 465 g/mol. The van der Waals surface area contributed by atoms with E-state index in [1.165, 1.54) is 0 Å². The van der Waals surface area contributed by atoms with Gasteiger partial charge in [-0.2, -0.15) is 4.98 Å². The molecule has 170 valence electrons. The van der Waals surface area contributed by atoms with E-state index in [1.54, 1.807) is 35.2 Å². The zero-order chi connectivity index (χ0) is 23.7. The minimum Gasteiger partial charge on any atom is -0.593 e. The molecule has 0 aliphatic rings. The van der Waals surface area contributed by atoms with Crippen molar-refractivity contribution in [2.75, 3.05) is 24.3 Å². The lowest BCUT2D eigenvalue weighted by molar-refractivity contribution is 0.425. The minimum atomic E-state index is -1.62. The molecule has 1 unspecified atom stereocenters. The highest BCUT2D eigenvalue weighted by atomic mass is 32.2. The van der Waals surface area contributed by atoms with Crippen molar-refractivity contribution in [1.82, 2.24) is 19.7 Å². The van der Waals surface area contributed by atoms with Crippen LogP contribution in [0.25, 0.3) is 16.9 Å². The van der Waals surface area contributed by atoms with Gasteiger partial charge in [-0.15, -0.1) is 15.3 Å². The van der Waals surface area contributed by atoms with Gasteiger partial charge in [0.25, 0.3) is 5.95 Å². The van der Waals surface area contributed by atoms with Gasteiger partial charge in [0.1, 0.15) is 0 Å². The number of hydrogen-bond acceptors (Lipinski definition) is 9. The molecule has 2 heterocycles. The van der Waals surface area contributed by atoms with E-state index in [4.69, 9.17) is 10.1 Å². The van der Waals surface area contributed by atoms with Crippen LogP contribution in [0.15, 0.2) is 53.4 Å². The smallest absolute Gasteiger partial charge is 0.488 e. The first-order chi connectivity index (χ1) is 15.8. The number of nitrogens with one attached hydrogen (secondary N) is 1. The highest BCUT2D eigenvalue weighted by Gasteiger charge is 2.20. The van der Waals surface area contributed by atoms with Gasteiger partial charge in [0.2, 0.25) is 0 Å². The van der Waals surface area contributed by atoms with Crippen LogP contribution in [0.5, 0.6) is 0 Å². The van der Waals surface area contributed by atoms with E-state index in [2.05, 4.69) is 15.5 Å². The van der Waals surface area contributed by atoms with Crippen molar-refractivity contribution < 1.29 is 14.6 Å². The fraction of sp³-hybridized carbons (Fsp3) is 0.190. The van der Waals surface area contributed by atoms with E-state index in [0.29, 0.717) is 34.5 Å². The fourth-order valence-electron chi connectivity index (χ4n) is 3.65. The van der Waals surface area contributed by atoms with Gasteiger partial charge in [-0.05, 0) is 36.1 Å². The molecule has 2 aromatic heterocycles. The van der Waals surface area contributed by atoms with Crippen molar-refractivity contribution in [3.05, 3.63) is 59.8 Å². The molecule has 33 heavy (non-hydrogen) atoms. The molecular weight excluding hydrogens is 441 g/mol. The Morgan fingerprint density at radius 3 is 2.61 bits per heavy atom. The summed E-state index contributed by atoms with van der Waals surface area (Å²) in [6, 6.07) is 14.3. The zero-order valence-electron chi connectivity index (χ0n) is 18.4. The molecule has 0 radical (unpaired) electrons. The Kier molecular flexibility index (Phi) is 6.54. The maximum absolute atomic E-state index is 12.0. The molecule has 0 amide bonds. The molecule has 2 aromatic carbocycles. The van der Waals surface area contributed by atoms with Gasteiger partial charge in [-0.1, -0.05) is 30.3 Å². The first kappa shape index (κ1) is 23.0. The van der Waals surface area contributed by atoms with Crippen LogP contribution >= 0.6 is 0 Å². The Labute approximate surface area is 194 Å². The Hall–Kier alpha value is -3.16. The van der Waals surface area contributed by atoms with Crippen LogP contribution in [0.1, 0.15) is 11.3 Å². The minimum absolute atomic E-state index is 0.357. The van der Waals surface area contributed by atoms with Gasteiger partial charge in [0, 0.05) is 26.3 Å². The van der Waals surface area contributed by atoms with E-state index in [9.17, 15) is 14.6 Å². The quantitative estimate of drug-likeness (QED) is 0.226. The number of anilines is 2. The van der Waals surface area contributed by atoms with Crippen LogP contribution in [-0.4, -0.2) is 55.6 Å². The normalized spacial score (nSPS) is 12.1. The fourth-order valence-corrected chi connectivity index (χ4v) is 4.25. The Morgan fingerprint density at radius 2 is 1.91 bits per heavy atom. The van der Waals surface area contributed by atoms with Gasteiger partial charge in [-0.3, -0.25) is 4.57 Å². The molecule has 0 spiro atoms. The van der Waals surface area contributed by atoms with Crippen molar-refractivity contribution in [2.45, 2.75) is 18.4 Å². The lowest BCUT2D eigenvalue weighted by Crippen LogP contribution is -2.30. The molecule has 10 nitrogen and oxygen atoms in total. The summed E-state index contributed by atoms with van der Waals surface area (Å²) in [7, 11) is 2.16. The third-order valence-corrected chi connectivity index (χ3v) is 5.99. The lowest BCUT2D eigenvalue weighted by Gasteiger charge is -2.17. The van der Waals surface area contributed by atoms with Crippen molar-refractivity contribution in [2.24, 2.45) is 5.14 Å². The molecule has 1 atom stereocenters. The maximum Gasteiger partial charge on any atom is 0.488 e. The van der Waals surface area contributed by atoms with E-state index in [1.807, 2.05) is 43.8 Å².